The molecule has 3 amide bonds. The molecule has 0 radical (unpaired) electrons. The minimum Gasteiger partial charge on any atom is -0.444 e. The van der Waals surface area contributed by atoms with Gasteiger partial charge in [-0.25, -0.2) is 18.0 Å². The molecule has 10 heteroatoms. The van der Waals surface area contributed by atoms with E-state index in [-0.39, 0.29) is 10.5 Å². The second-order valence-electron chi connectivity index (χ2n) is 7.71. The van der Waals surface area contributed by atoms with Crippen molar-refractivity contribution in [1.82, 2.24) is 14.9 Å². The zero-order chi connectivity index (χ0) is 24.0. The van der Waals surface area contributed by atoms with Crippen LogP contribution in [0.5, 0.6) is 0 Å². The monoisotopic (exact) mass is 473 g/mol. The van der Waals surface area contributed by atoms with Gasteiger partial charge in [0.05, 0.1) is 10.5 Å². The Bertz CT molecular complexity index is 1130. The number of nitrogens with one attached hydrogen (secondary N) is 2. The predicted molar refractivity (Wildman–Crippen MR) is 121 cm³/mol. The maximum atomic E-state index is 13.1. The molecule has 2 aromatic rings. The molecule has 0 saturated carbocycles. The number of aryl methyl sites for hydroxylation is 1. The molecular weight excluding hydrogens is 446 g/mol. The first-order chi connectivity index (χ1) is 15.7. The van der Waals surface area contributed by atoms with Gasteiger partial charge in [-0.2, -0.15) is 4.31 Å². The highest BCUT2D eigenvalue weighted by Gasteiger charge is 2.30. The van der Waals surface area contributed by atoms with E-state index in [4.69, 9.17) is 4.74 Å². The summed E-state index contributed by atoms with van der Waals surface area (Å²) in [5, 5.41) is 4.38. The molecule has 0 aliphatic carbocycles. The smallest absolute Gasteiger partial charge is 0.339 e. The standard InChI is InChI=1S/C23H27N3O6S/c1-16-11-12-18(33(30,31)26-13-7-4-8-14-26)15-19(16)22(28)32-20(17-9-5-3-6-10-17)21(27)25-23(29)24-2/h3,5-6,9-12,15,20H,4,7-8,13-14H2,1-2H3,(H2,24,25,27,29)/t20-/m0/s1. The second kappa shape index (κ2) is 10.6. The number of rotatable bonds is 6. The minimum atomic E-state index is -3.76. The summed E-state index contributed by atoms with van der Waals surface area (Å²) in [7, 11) is -2.41. The third kappa shape index (κ3) is 5.77. The average molecular weight is 474 g/mol. The number of piperidine rings is 1. The van der Waals surface area contributed by atoms with Gasteiger partial charge in [0.15, 0.2) is 0 Å². The Labute approximate surface area is 193 Å². The van der Waals surface area contributed by atoms with Gasteiger partial charge < -0.3 is 10.1 Å². The molecule has 1 atom stereocenters. The molecule has 0 unspecified atom stereocenters. The first-order valence-electron chi connectivity index (χ1n) is 10.6. The number of hydrogen-bond donors (Lipinski definition) is 2. The lowest BCUT2D eigenvalue weighted by molar-refractivity contribution is -0.129. The van der Waals surface area contributed by atoms with Crippen LogP contribution in [-0.4, -0.2) is 50.8 Å². The van der Waals surface area contributed by atoms with Gasteiger partial charge in [-0.05, 0) is 37.5 Å². The summed E-state index contributed by atoms with van der Waals surface area (Å²) in [5.41, 5.74) is 0.889. The maximum Gasteiger partial charge on any atom is 0.339 e. The van der Waals surface area contributed by atoms with Gasteiger partial charge >= 0.3 is 12.0 Å². The number of amides is 3. The molecule has 0 spiro atoms. The molecule has 1 fully saturated rings. The van der Waals surface area contributed by atoms with E-state index in [1.165, 1.54) is 29.6 Å². The molecule has 2 N–H and O–H groups in total. The lowest BCUT2D eigenvalue weighted by Gasteiger charge is -2.26. The van der Waals surface area contributed by atoms with Crippen LogP contribution >= 0.6 is 0 Å². The van der Waals surface area contributed by atoms with Crippen molar-refractivity contribution >= 4 is 27.9 Å². The Morgan fingerprint density at radius 1 is 1.00 bits per heavy atom. The van der Waals surface area contributed by atoms with Gasteiger partial charge in [0, 0.05) is 25.7 Å². The molecule has 176 valence electrons. The van der Waals surface area contributed by atoms with Gasteiger partial charge in [0.1, 0.15) is 0 Å². The molecule has 1 aliphatic rings. The lowest BCUT2D eigenvalue weighted by Crippen LogP contribution is -2.41. The van der Waals surface area contributed by atoms with Gasteiger partial charge in [-0.3, -0.25) is 10.1 Å². The van der Waals surface area contributed by atoms with E-state index in [1.54, 1.807) is 37.3 Å². The quantitative estimate of drug-likeness (QED) is 0.622. The van der Waals surface area contributed by atoms with Crippen molar-refractivity contribution in [2.24, 2.45) is 0 Å². The summed E-state index contributed by atoms with van der Waals surface area (Å²) in [6.45, 7) is 2.52. The SMILES string of the molecule is CNC(=O)NC(=O)[C@@H](OC(=O)c1cc(S(=O)(=O)N2CCCCC2)ccc1C)c1ccccc1. The summed E-state index contributed by atoms with van der Waals surface area (Å²) in [6.07, 6.45) is 1.16. The average Bonchev–Trinajstić information content (AvgIpc) is 2.83. The summed E-state index contributed by atoms with van der Waals surface area (Å²) in [5.74, 6) is -1.70. The van der Waals surface area contributed by atoms with Crippen molar-refractivity contribution in [3.05, 3.63) is 65.2 Å². The van der Waals surface area contributed by atoms with Crippen LogP contribution in [-0.2, 0) is 19.6 Å². The molecule has 3 rings (SSSR count). The van der Waals surface area contributed by atoms with E-state index in [9.17, 15) is 22.8 Å². The summed E-state index contributed by atoms with van der Waals surface area (Å²) >= 11 is 0. The summed E-state index contributed by atoms with van der Waals surface area (Å²) in [4.78, 5) is 37.3. The number of sulfonamides is 1. The Kier molecular flexibility index (Phi) is 7.83. The molecule has 33 heavy (non-hydrogen) atoms. The van der Waals surface area contributed by atoms with E-state index in [2.05, 4.69) is 10.6 Å². The number of carbonyl (C=O) groups is 3. The third-order valence-corrected chi connectivity index (χ3v) is 7.31. The van der Waals surface area contributed by atoms with Crippen molar-refractivity contribution in [3.8, 4) is 0 Å². The molecule has 2 aromatic carbocycles. The molecule has 9 nitrogen and oxygen atoms in total. The number of ether oxygens (including phenoxy) is 1. The van der Waals surface area contributed by atoms with Crippen molar-refractivity contribution in [2.75, 3.05) is 20.1 Å². The highest BCUT2D eigenvalue weighted by molar-refractivity contribution is 7.89. The van der Waals surface area contributed by atoms with Crippen molar-refractivity contribution in [3.63, 3.8) is 0 Å². The van der Waals surface area contributed by atoms with Gasteiger partial charge in [-0.15, -0.1) is 0 Å². The van der Waals surface area contributed by atoms with E-state index in [1.807, 2.05) is 0 Å². The first-order valence-corrected chi connectivity index (χ1v) is 12.1. The minimum absolute atomic E-state index is 0.00646. The third-order valence-electron chi connectivity index (χ3n) is 5.41. The number of hydrogen-bond acceptors (Lipinski definition) is 6. The summed E-state index contributed by atoms with van der Waals surface area (Å²) in [6, 6.07) is 11.8. The van der Waals surface area contributed by atoms with Crippen LogP contribution in [0.2, 0.25) is 0 Å². The van der Waals surface area contributed by atoms with E-state index >= 15 is 0 Å². The number of urea groups is 1. The van der Waals surface area contributed by atoms with Crippen LogP contribution in [0.25, 0.3) is 0 Å². The molecule has 1 heterocycles. The topological polar surface area (TPSA) is 122 Å². The van der Waals surface area contributed by atoms with E-state index in [0.29, 0.717) is 24.2 Å². The van der Waals surface area contributed by atoms with Gasteiger partial charge in [0.2, 0.25) is 16.1 Å². The van der Waals surface area contributed by atoms with E-state index < -0.39 is 34.0 Å². The van der Waals surface area contributed by atoms with E-state index in [0.717, 1.165) is 19.3 Å². The lowest BCUT2D eigenvalue weighted by atomic mass is 10.1. The fourth-order valence-corrected chi connectivity index (χ4v) is 5.09. The van der Waals surface area contributed by atoms with Gasteiger partial charge in [0.25, 0.3) is 5.91 Å². The Balaban J connectivity index is 1.90. The first kappa shape index (κ1) is 24.4. The van der Waals surface area contributed by atoms with Crippen LogP contribution in [0.1, 0.15) is 46.9 Å². The summed E-state index contributed by atoms with van der Waals surface area (Å²) < 4.78 is 33.0. The largest absolute Gasteiger partial charge is 0.444 e. The highest BCUT2D eigenvalue weighted by atomic mass is 32.2. The zero-order valence-corrected chi connectivity index (χ0v) is 19.4. The van der Waals surface area contributed by atoms with Crippen LogP contribution < -0.4 is 10.6 Å². The Hall–Kier alpha value is -3.24. The van der Waals surface area contributed by atoms with Crippen LogP contribution in [0, 0.1) is 6.92 Å². The van der Waals surface area contributed by atoms with Crippen molar-refractivity contribution in [2.45, 2.75) is 37.2 Å². The number of esters is 1. The van der Waals surface area contributed by atoms with Crippen LogP contribution in [0.4, 0.5) is 4.79 Å². The molecular formula is C23H27N3O6S. The Morgan fingerprint density at radius 2 is 1.67 bits per heavy atom. The molecule has 0 bridgehead atoms. The fourth-order valence-electron chi connectivity index (χ4n) is 3.55. The van der Waals surface area contributed by atoms with Crippen molar-refractivity contribution in [1.29, 1.82) is 0 Å². The van der Waals surface area contributed by atoms with Crippen LogP contribution in [0.3, 0.4) is 0 Å². The number of nitrogens with zero attached hydrogens (tertiary/aromatic N) is 1. The Morgan fingerprint density at radius 3 is 2.30 bits per heavy atom. The fraction of sp³-hybridized carbons (Fsp3) is 0.348. The van der Waals surface area contributed by atoms with Crippen LogP contribution in [0.15, 0.2) is 53.4 Å². The number of carbonyl (C=O) groups excluding carboxylic acids is 3. The number of benzene rings is 2. The highest BCUT2D eigenvalue weighted by Crippen LogP contribution is 2.25. The molecule has 1 saturated heterocycles. The maximum absolute atomic E-state index is 13.1. The van der Waals surface area contributed by atoms with Gasteiger partial charge in [-0.1, -0.05) is 42.8 Å². The number of imide groups is 1. The molecule has 1 aliphatic heterocycles. The predicted octanol–water partition coefficient (Wildman–Crippen LogP) is 2.52. The second-order valence-corrected chi connectivity index (χ2v) is 9.64. The molecule has 0 aromatic heterocycles. The normalized spacial score (nSPS) is 15.3. The van der Waals surface area contributed by atoms with Crippen molar-refractivity contribution < 1.29 is 27.5 Å². The zero-order valence-electron chi connectivity index (χ0n) is 18.5.